The van der Waals surface area contributed by atoms with Crippen molar-refractivity contribution in [2.45, 2.75) is 46.0 Å². The number of carbonyl (C=O) groups is 1. The van der Waals surface area contributed by atoms with Gasteiger partial charge in [0.15, 0.2) is 0 Å². The number of nitrogens with one attached hydrogen (secondary N) is 1. The van der Waals surface area contributed by atoms with Gasteiger partial charge in [0.2, 0.25) is 5.91 Å². The van der Waals surface area contributed by atoms with Gasteiger partial charge in [-0.3, -0.25) is 4.79 Å². The Balaban J connectivity index is 0. The minimum atomic E-state index is 0. The standard InChI is InChI=1S/C11H23NO2.H2/c1-3-5-6-9-12-11(13)8-7-10-14-4-2;/h3-10H2,1-2H3,(H,12,13);1H. The highest BCUT2D eigenvalue weighted by Gasteiger charge is 1.99. The maximum absolute atomic E-state index is 11.2. The molecule has 0 spiro atoms. The summed E-state index contributed by atoms with van der Waals surface area (Å²) in [6.45, 7) is 6.37. The quantitative estimate of drug-likeness (QED) is 0.584. The molecule has 14 heavy (non-hydrogen) atoms. The van der Waals surface area contributed by atoms with Crippen LogP contribution >= 0.6 is 0 Å². The van der Waals surface area contributed by atoms with Gasteiger partial charge in [-0.1, -0.05) is 19.8 Å². The molecule has 0 radical (unpaired) electrons. The summed E-state index contributed by atoms with van der Waals surface area (Å²) >= 11 is 0. The second-order valence-corrected chi connectivity index (χ2v) is 3.36. The zero-order chi connectivity index (χ0) is 10.6. The topological polar surface area (TPSA) is 38.3 Å². The number of hydrogen-bond donors (Lipinski definition) is 1. The first-order valence-electron chi connectivity index (χ1n) is 5.65. The Labute approximate surface area is 88.7 Å². The highest BCUT2D eigenvalue weighted by molar-refractivity contribution is 5.75. The smallest absolute Gasteiger partial charge is 0.220 e. The molecule has 1 amide bonds. The summed E-state index contributed by atoms with van der Waals surface area (Å²) in [6.07, 6.45) is 4.90. The summed E-state index contributed by atoms with van der Waals surface area (Å²) in [5.74, 6) is 0.154. The van der Waals surface area contributed by atoms with E-state index in [0.717, 1.165) is 26.0 Å². The molecule has 3 nitrogen and oxygen atoms in total. The maximum atomic E-state index is 11.2. The second-order valence-electron chi connectivity index (χ2n) is 3.36. The third kappa shape index (κ3) is 9.52. The van der Waals surface area contributed by atoms with Gasteiger partial charge in [0.05, 0.1) is 0 Å². The van der Waals surface area contributed by atoms with E-state index in [-0.39, 0.29) is 7.33 Å². The van der Waals surface area contributed by atoms with Crippen LogP contribution in [0.3, 0.4) is 0 Å². The molecule has 3 heteroatoms. The van der Waals surface area contributed by atoms with E-state index in [4.69, 9.17) is 4.74 Å². The molecule has 0 atom stereocenters. The summed E-state index contributed by atoms with van der Waals surface area (Å²) in [5.41, 5.74) is 0. The van der Waals surface area contributed by atoms with Crippen molar-refractivity contribution in [2.24, 2.45) is 0 Å². The van der Waals surface area contributed by atoms with E-state index in [2.05, 4.69) is 12.2 Å². The predicted octanol–water partition coefficient (Wildman–Crippen LogP) is 2.36. The fraction of sp³-hybridized carbons (Fsp3) is 0.909. The fourth-order valence-corrected chi connectivity index (χ4v) is 1.17. The van der Waals surface area contributed by atoms with E-state index >= 15 is 0 Å². The molecular formula is C11H25NO2. The monoisotopic (exact) mass is 203 g/mol. The average Bonchev–Trinajstić information content (AvgIpc) is 2.19. The minimum absolute atomic E-state index is 0. The van der Waals surface area contributed by atoms with Gasteiger partial charge in [-0.15, -0.1) is 0 Å². The normalized spacial score (nSPS) is 10.1. The van der Waals surface area contributed by atoms with E-state index in [1.807, 2.05) is 6.92 Å². The van der Waals surface area contributed by atoms with E-state index in [1.165, 1.54) is 12.8 Å². The van der Waals surface area contributed by atoms with Crippen molar-refractivity contribution in [3.05, 3.63) is 0 Å². The molecule has 0 bridgehead atoms. The van der Waals surface area contributed by atoms with Crippen LogP contribution in [0.4, 0.5) is 0 Å². The zero-order valence-corrected chi connectivity index (χ0v) is 9.47. The van der Waals surface area contributed by atoms with Crippen LogP contribution in [0.1, 0.15) is 47.4 Å². The van der Waals surface area contributed by atoms with Crippen LogP contribution in [-0.4, -0.2) is 25.7 Å². The first kappa shape index (κ1) is 13.4. The summed E-state index contributed by atoms with van der Waals surface area (Å²) in [5, 5.41) is 2.90. The molecular weight excluding hydrogens is 178 g/mol. The Kier molecular flexibility index (Phi) is 10.1. The van der Waals surface area contributed by atoms with E-state index in [0.29, 0.717) is 13.0 Å². The Morgan fingerprint density at radius 1 is 1.29 bits per heavy atom. The molecule has 0 rings (SSSR count). The van der Waals surface area contributed by atoms with Crippen LogP contribution in [0.5, 0.6) is 0 Å². The van der Waals surface area contributed by atoms with Crippen LogP contribution in [-0.2, 0) is 9.53 Å². The lowest BCUT2D eigenvalue weighted by Crippen LogP contribution is -2.24. The van der Waals surface area contributed by atoms with Crippen LogP contribution in [0.25, 0.3) is 0 Å². The number of carbonyl (C=O) groups excluding carboxylic acids is 1. The molecule has 0 aromatic carbocycles. The lowest BCUT2D eigenvalue weighted by molar-refractivity contribution is -0.121. The van der Waals surface area contributed by atoms with Crippen molar-refractivity contribution in [1.29, 1.82) is 0 Å². The van der Waals surface area contributed by atoms with Crippen LogP contribution < -0.4 is 5.32 Å². The lowest BCUT2D eigenvalue weighted by atomic mass is 10.2. The molecule has 0 saturated heterocycles. The van der Waals surface area contributed by atoms with Gasteiger partial charge in [-0.05, 0) is 19.8 Å². The summed E-state index contributed by atoms with van der Waals surface area (Å²) in [6, 6.07) is 0. The summed E-state index contributed by atoms with van der Waals surface area (Å²) in [7, 11) is 0. The van der Waals surface area contributed by atoms with E-state index < -0.39 is 0 Å². The van der Waals surface area contributed by atoms with Gasteiger partial charge in [0.25, 0.3) is 0 Å². The Hall–Kier alpha value is -0.570. The number of hydrogen-bond acceptors (Lipinski definition) is 2. The number of ether oxygens (including phenoxy) is 1. The fourth-order valence-electron chi connectivity index (χ4n) is 1.17. The number of rotatable bonds is 9. The zero-order valence-electron chi connectivity index (χ0n) is 9.47. The minimum Gasteiger partial charge on any atom is -0.382 e. The van der Waals surface area contributed by atoms with Crippen molar-refractivity contribution in [3.8, 4) is 0 Å². The Morgan fingerprint density at radius 3 is 2.71 bits per heavy atom. The van der Waals surface area contributed by atoms with E-state index in [9.17, 15) is 4.79 Å². The van der Waals surface area contributed by atoms with Crippen molar-refractivity contribution >= 4 is 5.91 Å². The molecule has 0 aromatic rings. The lowest BCUT2D eigenvalue weighted by Gasteiger charge is -2.04. The maximum Gasteiger partial charge on any atom is 0.220 e. The summed E-state index contributed by atoms with van der Waals surface area (Å²) in [4.78, 5) is 11.2. The van der Waals surface area contributed by atoms with Gasteiger partial charge in [-0.25, -0.2) is 0 Å². The Morgan fingerprint density at radius 2 is 2.07 bits per heavy atom. The second kappa shape index (κ2) is 10.5. The van der Waals surface area contributed by atoms with Gasteiger partial charge in [0.1, 0.15) is 0 Å². The first-order chi connectivity index (χ1) is 6.81. The van der Waals surface area contributed by atoms with Gasteiger partial charge >= 0.3 is 0 Å². The molecule has 0 aromatic heterocycles. The molecule has 0 aliphatic rings. The number of amides is 1. The molecule has 0 aliphatic carbocycles. The van der Waals surface area contributed by atoms with Crippen molar-refractivity contribution in [2.75, 3.05) is 19.8 Å². The highest BCUT2D eigenvalue weighted by atomic mass is 16.5. The van der Waals surface area contributed by atoms with Gasteiger partial charge < -0.3 is 10.1 Å². The molecule has 0 fully saturated rings. The molecule has 0 saturated carbocycles. The van der Waals surface area contributed by atoms with E-state index in [1.54, 1.807) is 0 Å². The molecule has 86 valence electrons. The molecule has 1 N–H and O–H groups in total. The average molecular weight is 203 g/mol. The molecule has 0 aliphatic heterocycles. The largest absolute Gasteiger partial charge is 0.382 e. The van der Waals surface area contributed by atoms with Crippen molar-refractivity contribution in [1.82, 2.24) is 5.32 Å². The third-order valence-corrected chi connectivity index (χ3v) is 2.00. The van der Waals surface area contributed by atoms with Crippen LogP contribution in [0, 0.1) is 0 Å². The first-order valence-corrected chi connectivity index (χ1v) is 5.65. The SMILES string of the molecule is CCCCCNC(=O)CCCOCC.[HH]. The Bertz CT molecular complexity index is 129. The van der Waals surface area contributed by atoms with Crippen molar-refractivity contribution in [3.63, 3.8) is 0 Å². The third-order valence-electron chi connectivity index (χ3n) is 2.00. The van der Waals surface area contributed by atoms with Crippen LogP contribution in [0.2, 0.25) is 0 Å². The highest BCUT2D eigenvalue weighted by Crippen LogP contribution is 1.93. The predicted molar refractivity (Wildman–Crippen MR) is 60.4 cm³/mol. The van der Waals surface area contributed by atoms with Crippen LogP contribution in [0.15, 0.2) is 0 Å². The number of unbranched alkanes of at least 4 members (excludes halogenated alkanes) is 2. The van der Waals surface area contributed by atoms with Gasteiger partial charge in [-0.2, -0.15) is 0 Å². The van der Waals surface area contributed by atoms with Gasteiger partial charge in [0, 0.05) is 27.6 Å². The molecule has 0 unspecified atom stereocenters. The summed E-state index contributed by atoms with van der Waals surface area (Å²) < 4.78 is 5.15. The molecule has 0 heterocycles. The van der Waals surface area contributed by atoms with Crippen molar-refractivity contribution < 1.29 is 11.0 Å².